The van der Waals surface area contributed by atoms with Crippen LogP contribution in [0.2, 0.25) is 0 Å². The van der Waals surface area contributed by atoms with Gasteiger partial charge in [0.05, 0.1) is 26.7 Å². The van der Waals surface area contributed by atoms with Crippen molar-refractivity contribution in [2.24, 2.45) is 11.8 Å². The van der Waals surface area contributed by atoms with Gasteiger partial charge in [-0.1, -0.05) is 30.3 Å². The number of esters is 2. The molecule has 5 atom stereocenters. The second-order valence-corrected chi connectivity index (χ2v) is 10.4. The van der Waals surface area contributed by atoms with Crippen LogP contribution in [0.1, 0.15) is 41.1 Å². The molecule has 3 aromatic rings. The summed E-state index contributed by atoms with van der Waals surface area (Å²) in [6.45, 7) is 2.16. The van der Waals surface area contributed by atoms with Gasteiger partial charge in [-0.15, -0.1) is 0 Å². The molecular weight excluding hydrogens is 530 g/mol. The average molecular weight is 562 g/mol. The Morgan fingerprint density at radius 3 is 2.32 bits per heavy atom. The smallest absolute Gasteiger partial charge is 0.323 e. The summed E-state index contributed by atoms with van der Waals surface area (Å²) < 4.78 is 33.5. The Balaban J connectivity index is 1.39. The minimum absolute atomic E-state index is 0.0823. The fourth-order valence-electron chi connectivity index (χ4n) is 6.06. The summed E-state index contributed by atoms with van der Waals surface area (Å²) in [5, 5.41) is 14.0. The minimum atomic E-state index is -0.677. The van der Waals surface area contributed by atoms with E-state index in [0.717, 1.165) is 16.7 Å². The summed E-state index contributed by atoms with van der Waals surface area (Å²) >= 11 is 0. The van der Waals surface area contributed by atoms with E-state index in [2.05, 4.69) is 5.32 Å². The number of cyclic esters (lactones) is 1. The predicted octanol–water partition coefficient (Wildman–Crippen LogP) is 3.84. The van der Waals surface area contributed by atoms with Gasteiger partial charge in [-0.3, -0.25) is 14.9 Å². The molecule has 3 aliphatic rings. The van der Waals surface area contributed by atoms with Gasteiger partial charge in [0.15, 0.2) is 23.0 Å². The lowest BCUT2D eigenvalue weighted by molar-refractivity contribution is -0.147. The van der Waals surface area contributed by atoms with Crippen molar-refractivity contribution in [2.45, 2.75) is 31.5 Å². The van der Waals surface area contributed by atoms with Crippen molar-refractivity contribution in [3.05, 3.63) is 76.9 Å². The summed E-state index contributed by atoms with van der Waals surface area (Å²) in [5.41, 5.74) is 3.26. The molecule has 41 heavy (non-hydrogen) atoms. The molecule has 0 radical (unpaired) electrons. The minimum Gasteiger partial charge on any atom is -0.502 e. The third-order valence-electron chi connectivity index (χ3n) is 8.06. The topological polar surface area (TPSA) is 122 Å². The largest absolute Gasteiger partial charge is 0.502 e. The summed E-state index contributed by atoms with van der Waals surface area (Å²) in [7, 11) is 2.91. The average Bonchev–Trinajstić information content (AvgIpc) is 3.61. The number of benzene rings is 3. The monoisotopic (exact) mass is 561 g/mol. The number of carbonyl (C=O) groups is 2. The van der Waals surface area contributed by atoms with Crippen molar-refractivity contribution >= 4 is 11.9 Å². The van der Waals surface area contributed by atoms with Crippen LogP contribution in [-0.2, 0) is 25.7 Å². The number of methoxy groups -OCH3 is 2. The number of phenolic OH excluding ortho intramolecular Hbond substituents is 1. The number of hydrogen-bond donors (Lipinski definition) is 2. The number of nitrogens with one attached hydrogen (secondary N) is 1. The number of hydrogen-bond acceptors (Lipinski definition) is 10. The zero-order valence-corrected chi connectivity index (χ0v) is 22.9. The van der Waals surface area contributed by atoms with Crippen LogP contribution in [0, 0.1) is 11.8 Å². The zero-order chi connectivity index (χ0) is 28.7. The van der Waals surface area contributed by atoms with Crippen LogP contribution in [-0.4, -0.2) is 50.7 Å². The maximum absolute atomic E-state index is 13.3. The third kappa shape index (κ3) is 4.78. The molecule has 0 aromatic heterocycles. The van der Waals surface area contributed by atoms with Crippen molar-refractivity contribution in [1.29, 1.82) is 0 Å². The van der Waals surface area contributed by atoms with E-state index in [1.165, 1.54) is 14.2 Å². The molecule has 1 fully saturated rings. The van der Waals surface area contributed by atoms with Crippen molar-refractivity contribution < 1.29 is 43.1 Å². The van der Waals surface area contributed by atoms with Crippen LogP contribution in [0.25, 0.3) is 0 Å². The van der Waals surface area contributed by atoms with Crippen LogP contribution < -0.4 is 24.3 Å². The molecule has 0 amide bonds. The van der Waals surface area contributed by atoms with E-state index in [1.807, 2.05) is 42.5 Å². The Morgan fingerprint density at radius 1 is 1.00 bits per heavy atom. The first-order valence-corrected chi connectivity index (χ1v) is 13.4. The van der Waals surface area contributed by atoms with Crippen molar-refractivity contribution in [3.63, 3.8) is 0 Å². The standard InChI is InChI=1S/C31H31NO9/c1-16(30(34)38-13-17-7-5-4-6-8-17)32-28-20-12-23-22(40-15-41-23)11-19(20)26(27-21(28)14-39-31(27)35)18-9-24(36-2)29(33)25(10-18)37-3/h4-12,16,21,26-28,32-33H,13-15H2,1-3H3/t16?,21-,26+,27-,28+/m0/s1. The Bertz CT molecular complexity index is 1450. The maximum atomic E-state index is 13.3. The van der Waals surface area contributed by atoms with Crippen LogP contribution in [0.3, 0.4) is 0 Å². The molecule has 10 heteroatoms. The predicted molar refractivity (Wildman–Crippen MR) is 145 cm³/mol. The molecule has 2 N–H and O–H groups in total. The van der Waals surface area contributed by atoms with E-state index in [-0.39, 0.29) is 49.1 Å². The molecule has 2 heterocycles. The summed E-state index contributed by atoms with van der Waals surface area (Å²) in [6.07, 6.45) is 0. The van der Waals surface area contributed by atoms with E-state index in [4.69, 9.17) is 28.4 Å². The molecule has 1 aliphatic carbocycles. The van der Waals surface area contributed by atoms with Gasteiger partial charge >= 0.3 is 11.9 Å². The SMILES string of the molecule is COc1cc([C@@H]2c3cc4c(cc3[C@@H](NC(C)C(=O)OCc3ccccc3)[C@H]3COC(=O)[C@H]23)OCO4)cc(OC)c1O. The summed E-state index contributed by atoms with van der Waals surface area (Å²) in [5.74, 6) is -0.673. The normalized spacial score (nSPS) is 22.8. The maximum Gasteiger partial charge on any atom is 0.323 e. The Kier molecular flexibility index (Phi) is 7.08. The molecule has 1 unspecified atom stereocenters. The number of rotatable bonds is 8. The molecule has 0 saturated carbocycles. The molecule has 0 bridgehead atoms. The second kappa shape index (κ2) is 10.9. The van der Waals surface area contributed by atoms with Crippen molar-refractivity contribution in [1.82, 2.24) is 5.32 Å². The van der Waals surface area contributed by atoms with E-state index < -0.39 is 29.9 Å². The zero-order valence-electron chi connectivity index (χ0n) is 22.9. The lowest BCUT2D eigenvalue weighted by atomic mass is 9.65. The Morgan fingerprint density at radius 2 is 1.66 bits per heavy atom. The number of fused-ring (bicyclic) bond motifs is 3. The Hall–Kier alpha value is -4.44. The Labute approximate surface area is 237 Å². The number of phenols is 1. The van der Waals surface area contributed by atoms with Gasteiger partial charge in [-0.05, 0) is 53.4 Å². The molecule has 6 rings (SSSR count). The van der Waals surface area contributed by atoms with E-state index in [1.54, 1.807) is 19.1 Å². The molecule has 1 saturated heterocycles. The molecular formula is C31H31NO9. The fourth-order valence-corrected chi connectivity index (χ4v) is 6.06. The number of carbonyl (C=O) groups excluding carboxylic acids is 2. The van der Waals surface area contributed by atoms with Crippen LogP contribution in [0.5, 0.6) is 28.7 Å². The van der Waals surface area contributed by atoms with Gasteiger partial charge in [-0.2, -0.15) is 0 Å². The van der Waals surface area contributed by atoms with Gasteiger partial charge < -0.3 is 33.5 Å². The lowest BCUT2D eigenvalue weighted by Crippen LogP contribution is -2.46. The summed E-state index contributed by atoms with van der Waals surface area (Å²) in [4.78, 5) is 26.4. The fraction of sp³-hybridized carbons (Fsp3) is 0.355. The van der Waals surface area contributed by atoms with Crippen molar-refractivity contribution in [2.75, 3.05) is 27.6 Å². The highest BCUT2D eigenvalue weighted by Gasteiger charge is 2.53. The third-order valence-corrected chi connectivity index (χ3v) is 8.06. The molecule has 3 aromatic carbocycles. The quantitative estimate of drug-likeness (QED) is 0.393. The van der Waals surface area contributed by atoms with Gasteiger partial charge in [-0.25, -0.2) is 0 Å². The van der Waals surface area contributed by atoms with Crippen LogP contribution in [0.15, 0.2) is 54.6 Å². The number of aromatic hydroxyl groups is 1. The lowest BCUT2D eigenvalue weighted by Gasteiger charge is -2.40. The molecule has 2 aliphatic heterocycles. The van der Waals surface area contributed by atoms with Gasteiger partial charge in [0, 0.05) is 17.9 Å². The van der Waals surface area contributed by atoms with E-state index >= 15 is 0 Å². The highest BCUT2D eigenvalue weighted by atomic mass is 16.7. The molecule has 214 valence electrons. The van der Waals surface area contributed by atoms with Crippen LogP contribution in [0.4, 0.5) is 0 Å². The number of ether oxygens (including phenoxy) is 6. The highest BCUT2D eigenvalue weighted by molar-refractivity contribution is 5.79. The first-order valence-electron chi connectivity index (χ1n) is 13.4. The van der Waals surface area contributed by atoms with E-state index in [9.17, 15) is 14.7 Å². The highest BCUT2D eigenvalue weighted by Crippen LogP contribution is 2.55. The summed E-state index contributed by atoms with van der Waals surface area (Å²) in [6, 6.07) is 15.6. The van der Waals surface area contributed by atoms with Crippen molar-refractivity contribution in [3.8, 4) is 28.7 Å². The second-order valence-electron chi connectivity index (χ2n) is 10.4. The molecule has 10 nitrogen and oxygen atoms in total. The van der Waals surface area contributed by atoms with Gasteiger partial charge in [0.25, 0.3) is 0 Å². The van der Waals surface area contributed by atoms with Gasteiger partial charge in [0.2, 0.25) is 12.5 Å². The first-order chi connectivity index (χ1) is 19.9. The van der Waals surface area contributed by atoms with Gasteiger partial charge in [0.1, 0.15) is 12.6 Å². The molecule has 0 spiro atoms. The van der Waals surface area contributed by atoms with Crippen LogP contribution >= 0.6 is 0 Å². The first kappa shape index (κ1) is 26.8. The van der Waals surface area contributed by atoms with E-state index in [0.29, 0.717) is 17.1 Å².